The van der Waals surface area contributed by atoms with Crippen LogP contribution in [0.5, 0.6) is 11.5 Å². The summed E-state index contributed by atoms with van der Waals surface area (Å²) in [5, 5.41) is 3.39. The van der Waals surface area contributed by atoms with Gasteiger partial charge in [-0.1, -0.05) is 30.3 Å². The van der Waals surface area contributed by atoms with Gasteiger partial charge >= 0.3 is 5.63 Å². The molecular weight excluding hydrogens is 410 g/mol. The fraction of sp³-hybridized carbons (Fsp3) is 0.360. The molecule has 1 amide bonds. The van der Waals surface area contributed by atoms with Crippen LogP contribution in [0.25, 0.3) is 22.1 Å². The first-order valence-electron chi connectivity index (χ1n) is 10.6. The molecule has 7 nitrogen and oxygen atoms in total. The normalized spacial score (nSPS) is 14.5. The summed E-state index contributed by atoms with van der Waals surface area (Å²) >= 11 is 0. The van der Waals surface area contributed by atoms with Crippen molar-refractivity contribution in [2.45, 2.75) is 32.3 Å². The molecule has 4 rings (SSSR count). The summed E-state index contributed by atoms with van der Waals surface area (Å²) in [7, 11) is 1.57. The lowest BCUT2D eigenvalue weighted by molar-refractivity contribution is -0.123. The Balaban J connectivity index is 1.83. The molecule has 0 saturated carbocycles. The lowest BCUT2D eigenvalue weighted by Gasteiger charge is -2.33. The largest absolute Gasteiger partial charge is 0.487 e. The average Bonchev–Trinajstić information content (AvgIpc) is 2.76. The van der Waals surface area contributed by atoms with Crippen molar-refractivity contribution in [2.24, 2.45) is 0 Å². The molecule has 0 spiro atoms. The first kappa shape index (κ1) is 21.9. The highest BCUT2D eigenvalue weighted by Crippen LogP contribution is 2.44. The van der Waals surface area contributed by atoms with E-state index in [-0.39, 0.29) is 18.1 Å². The quantitative estimate of drug-likeness (QED) is 0.448. The van der Waals surface area contributed by atoms with Crippen LogP contribution in [-0.4, -0.2) is 38.4 Å². The molecule has 0 unspecified atom stereocenters. The van der Waals surface area contributed by atoms with E-state index in [1.54, 1.807) is 13.2 Å². The fourth-order valence-electron chi connectivity index (χ4n) is 3.89. The summed E-state index contributed by atoms with van der Waals surface area (Å²) in [6.07, 6.45) is 1.49. The number of nitrogens with one attached hydrogen (secondary N) is 1. The molecule has 7 heteroatoms. The van der Waals surface area contributed by atoms with E-state index in [1.807, 2.05) is 44.2 Å². The molecule has 3 aromatic rings. The van der Waals surface area contributed by atoms with Gasteiger partial charge in [-0.25, -0.2) is 4.79 Å². The second-order valence-corrected chi connectivity index (χ2v) is 8.39. The molecule has 1 aromatic heterocycles. The van der Waals surface area contributed by atoms with Crippen molar-refractivity contribution >= 4 is 16.9 Å². The number of hydrogen-bond donors (Lipinski definition) is 1. The topological polar surface area (TPSA) is 87.0 Å². The third kappa shape index (κ3) is 4.62. The van der Waals surface area contributed by atoms with Gasteiger partial charge in [0.2, 0.25) is 0 Å². The Labute approximate surface area is 186 Å². The second-order valence-electron chi connectivity index (χ2n) is 8.39. The molecular formula is C25H27NO6. The molecule has 168 valence electrons. The zero-order chi connectivity index (χ0) is 22.7. The van der Waals surface area contributed by atoms with Gasteiger partial charge in [0.15, 0.2) is 6.61 Å². The van der Waals surface area contributed by atoms with E-state index in [0.717, 1.165) is 17.5 Å². The standard InChI is InChI=1S/C25H27NO6/c1-25(2)10-9-17-19(32-25)14-20(30-15-21(27)26-11-12-29-3)23-18(13-22(28)31-24(17)23)16-7-5-4-6-8-16/h4-8,13-14H,9-12,15H2,1-3H3,(H,26,27). The van der Waals surface area contributed by atoms with Crippen molar-refractivity contribution in [3.05, 3.63) is 58.4 Å². The summed E-state index contributed by atoms with van der Waals surface area (Å²) in [5.74, 6) is 0.769. The maximum atomic E-state index is 12.5. The Morgan fingerprint density at radius 3 is 2.72 bits per heavy atom. The van der Waals surface area contributed by atoms with Gasteiger partial charge in [-0.3, -0.25) is 4.79 Å². The van der Waals surface area contributed by atoms with Crippen LogP contribution in [0.2, 0.25) is 0 Å². The molecule has 0 fully saturated rings. The van der Waals surface area contributed by atoms with Crippen LogP contribution >= 0.6 is 0 Å². The average molecular weight is 437 g/mol. The van der Waals surface area contributed by atoms with Gasteiger partial charge in [-0.05, 0) is 32.3 Å². The predicted octanol–water partition coefficient (Wildman–Crippen LogP) is 3.71. The summed E-state index contributed by atoms with van der Waals surface area (Å²) in [4.78, 5) is 24.7. The number of methoxy groups -OCH3 is 1. The minimum Gasteiger partial charge on any atom is -0.487 e. The van der Waals surface area contributed by atoms with Gasteiger partial charge in [0, 0.05) is 36.9 Å². The van der Waals surface area contributed by atoms with Crippen molar-refractivity contribution < 1.29 is 23.4 Å². The van der Waals surface area contributed by atoms with Crippen molar-refractivity contribution in [3.8, 4) is 22.6 Å². The Morgan fingerprint density at radius 1 is 1.19 bits per heavy atom. The molecule has 0 aliphatic carbocycles. The van der Waals surface area contributed by atoms with Gasteiger partial charge < -0.3 is 23.9 Å². The van der Waals surface area contributed by atoms with Gasteiger partial charge in [-0.2, -0.15) is 0 Å². The molecule has 0 saturated heterocycles. The SMILES string of the molecule is COCCNC(=O)COc1cc2c(c3oc(=O)cc(-c4ccccc4)c13)CCC(C)(C)O2. The first-order valence-corrected chi connectivity index (χ1v) is 10.6. The van der Waals surface area contributed by atoms with Crippen LogP contribution in [0, 0.1) is 0 Å². The summed E-state index contributed by atoms with van der Waals surface area (Å²) < 4.78 is 22.8. The van der Waals surface area contributed by atoms with Crippen LogP contribution < -0.4 is 20.4 Å². The van der Waals surface area contributed by atoms with E-state index in [1.165, 1.54) is 6.07 Å². The zero-order valence-corrected chi connectivity index (χ0v) is 18.5. The van der Waals surface area contributed by atoms with Crippen molar-refractivity contribution in [1.29, 1.82) is 0 Å². The third-order valence-electron chi connectivity index (χ3n) is 5.48. The third-order valence-corrected chi connectivity index (χ3v) is 5.48. The Kier molecular flexibility index (Phi) is 6.19. The maximum Gasteiger partial charge on any atom is 0.336 e. The Morgan fingerprint density at radius 2 is 1.97 bits per heavy atom. The van der Waals surface area contributed by atoms with E-state index in [9.17, 15) is 9.59 Å². The summed E-state index contributed by atoms with van der Waals surface area (Å²) in [6, 6.07) is 12.8. The van der Waals surface area contributed by atoms with E-state index >= 15 is 0 Å². The van der Waals surface area contributed by atoms with Crippen LogP contribution in [0.4, 0.5) is 0 Å². The monoisotopic (exact) mass is 437 g/mol. The number of carbonyl (C=O) groups excluding carboxylic acids is 1. The van der Waals surface area contributed by atoms with Crippen LogP contribution in [0.3, 0.4) is 0 Å². The van der Waals surface area contributed by atoms with Crippen LogP contribution in [0.1, 0.15) is 25.8 Å². The van der Waals surface area contributed by atoms with Crippen molar-refractivity contribution in [1.82, 2.24) is 5.32 Å². The molecule has 2 aromatic carbocycles. The molecule has 0 radical (unpaired) electrons. The van der Waals surface area contributed by atoms with E-state index in [2.05, 4.69) is 5.32 Å². The highest BCUT2D eigenvalue weighted by Gasteiger charge is 2.31. The summed E-state index contributed by atoms with van der Waals surface area (Å²) in [5.41, 5.74) is 2.03. The Bertz CT molecular complexity index is 1180. The lowest BCUT2D eigenvalue weighted by Crippen LogP contribution is -2.33. The number of aryl methyl sites for hydroxylation is 1. The first-order chi connectivity index (χ1) is 15.4. The van der Waals surface area contributed by atoms with E-state index < -0.39 is 5.63 Å². The zero-order valence-electron chi connectivity index (χ0n) is 18.5. The van der Waals surface area contributed by atoms with Crippen molar-refractivity contribution in [2.75, 3.05) is 26.9 Å². The summed E-state index contributed by atoms with van der Waals surface area (Å²) in [6.45, 7) is 4.65. The highest BCUT2D eigenvalue weighted by atomic mass is 16.5. The number of rotatable bonds is 7. The lowest BCUT2D eigenvalue weighted by atomic mass is 9.91. The van der Waals surface area contributed by atoms with Gasteiger partial charge in [-0.15, -0.1) is 0 Å². The highest BCUT2D eigenvalue weighted by molar-refractivity contribution is 6.00. The molecule has 1 N–H and O–H groups in total. The van der Waals surface area contributed by atoms with Crippen LogP contribution in [0.15, 0.2) is 51.7 Å². The fourth-order valence-corrected chi connectivity index (χ4v) is 3.89. The van der Waals surface area contributed by atoms with Crippen LogP contribution in [-0.2, 0) is 16.0 Å². The van der Waals surface area contributed by atoms with Gasteiger partial charge in [0.1, 0.15) is 22.7 Å². The molecule has 1 aliphatic heterocycles. The minimum absolute atomic E-state index is 0.186. The molecule has 0 atom stereocenters. The molecule has 32 heavy (non-hydrogen) atoms. The number of benzene rings is 2. The van der Waals surface area contributed by atoms with E-state index in [0.29, 0.717) is 47.6 Å². The molecule has 2 heterocycles. The number of amides is 1. The molecule has 1 aliphatic rings. The number of carbonyl (C=O) groups is 1. The smallest absolute Gasteiger partial charge is 0.336 e. The number of fused-ring (bicyclic) bond motifs is 3. The van der Waals surface area contributed by atoms with E-state index in [4.69, 9.17) is 18.6 Å². The second kappa shape index (κ2) is 9.04. The predicted molar refractivity (Wildman–Crippen MR) is 121 cm³/mol. The van der Waals surface area contributed by atoms with Gasteiger partial charge in [0.25, 0.3) is 5.91 Å². The Hall–Kier alpha value is -3.32. The number of ether oxygens (including phenoxy) is 3. The maximum absolute atomic E-state index is 12.5. The molecule has 0 bridgehead atoms. The number of hydrogen-bond acceptors (Lipinski definition) is 6. The minimum atomic E-state index is -0.446. The van der Waals surface area contributed by atoms with Crippen molar-refractivity contribution in [3.63, 3.8) is 0 Å². The van der Waals surface area contributed by atoms with Gasteiger partial charge in [0.05, 0.1) is 12.0 Å².